The second-order valence-corrected chi connectivity index (χ2v) is 10.1. The first kappa shape index (κ1) is 29.3. The Morgan fingerprint density at radius 2 is 1.68 bits per heavy atom. The van der Waals surface area contributed by atoms with E-state index in [0.29, 0.717) is 36.1 Å². The number of ether oxygens (including phenoxy) is 3. The van der Waals surface area contributed by atoms with Gasteiger partial charge in [0.25, 0.3) is 0 Å². The van der Waals surface area contributed by atoms with E-state index in [1.165, 1.54) is 5.52 Å². The number of halogens is 1. The molecule has 0 radical (unpaired) electrons. The number of carbonyl (C=O) groups is 1. The number of methoxy groups -OCH3 is 2. The van der Waals surface area contributed by atoms with Crippen LogP contribution in [0.15, 0.2) is 66.7 Å². The fourth-order valence-electron chi connectivity index (χ4n) is 4.73. The zero-order chi connectivity index (χ0) is 28.2. The zero-order valence-corrected chi connectivity index (χ0v) is 24.1. The van der Waals surface area contributed by atoms with Gasteiger partial charge in [-0.05, 0) is 67.6 Å². The van der Waals surface area contributed by atoms with Crippen LogP contribution in [0, 0.1) is 0 Å². The maximum Gasteiger partial charge on any atom is 0.224 e. The molecule has 1 aromatic heterocycles. The van der Waals surface area contributed by atoms with Gasteiger partial charge in [-0.25, -0.2) is 4.98 Å². The summed E-state index contributed by atoms with van der Waals surface area (Å²) in [7, 11) is 3.19. The number of amides is 1. The summed E-state index contributed by atoms with van der Waals surface area (Å²) in [6.07, 6.45) is 6.11. The summed E-state index contributed by atoms with van der Waals surface area (Å²) in [6.45, 7) is 2.19. The van der Waals surface area contributed by atoms with E-state index in [1.54, 1.807) is 14.2 Å². The number of nitrogens with zero attached hydrogens (tertiary/aromatic N) is 2. The Morgan fingerprint density at radius 1 is 0.875 bits per heavy atom. The lowest BCUT2D eigenvalue weighted by atomic mass is 10.1. The van der Waals surface area contributed by atoms with Crippen LogP contribution in [0.4, 0.5) is 0 Å². The molecule has 0 saturated carbocycles. The molecule has 7 nitrogen and oxygen atoms in total. The van der Waals surface area contributed by atoms with Crippen LogP contribution in [0.5, 0.6) is 17.2 Å². The molecule has 3 aromatic carbocycles. The SMILES string of the molecule is COc1ccc(CC(=O)NCCCCCc2nc3ccccc3n2CCCCOc2ccccc2Cl)cc1OC. The van der Waals surface area contributed by atoms with Gasteiger partial charge < -0.3 is 24.1 Å². The molecule has 0 spiro atoms. The van der Waals surface area contributed by atoms with Crippen LogP contribution >= 0.6 is 11.6 Å². The van der Waals surface area contributed by atoms with Crippen molar-refractivity contribution in [2.24, 2.45) is 0 Å². The smallest absolute Gasteiger partial charge is 0.224 e. The number of nitrogens with one attached hydrogen (secondary N) is 1. The minimum absolute atomic E-state index is 0.00697. The number of aromatic nitrogens is 2. The number of aryl methyl sites for hydroxylation is 2. The molecule has 8 heteroatoms. The Kier molecular flexibility index (Phi) is 11.1. The van der Waals surface area contributed by atoms with E-state index < -0.39 is 0 Å². The summed E-state index contributed by atoms with van der Waals surface area (Å²) in [5.41, 5.74) is 3.10. The van der Waals surface area contributed by atoms with E-state index in [-0.39, 0.29) is 5.91 Å². The van der Waals surface area contributed by atoms with Gasteiger partial charge in [-0.2, -0.15) is 0 Å². The van der Waals surface area contributed by atoms with Gasteiger partial charge in [0.2, 0.25) is 5.91 Å². The zero-order valence-electron chi connectivity index (χ0n) is 23.3. The first-order valence-electron chi connectivity index (χ1n) is 13.9. The summed E-state index contributed by atoms with van der Waals surface area (Å²) >= 11 is 6.19. The van der Waals surface area contributed by atoms with Crippen LogP contribution in [0.1, 0.15) is 43.5 Å². The Labute approximate surface area is 241 Å². The van der Waals surface area contributed by atoms with E-state index in [0.717, 1.165) is 67.7 Å². The van der Waals surface area contributed by atoms with Gasteiger partial charge in [0.05, 0.1) is 43.3 Å². The highest BCUT2D eigenvalue weighted by Crippen LogP contribution is 2.28. The molecule has 0 atom stereocenters. The second kappa shape index (κ2) is 15.2. The first-order chi connectivity index (χ1) is 19.6. The van der Waals surface area contributed by atoms with Crippen molar-refractivity contribution in [3.05, 3.63) is 83.1 Å². The van der Waals surface area contributed by atoms with E-state index in [4.69, 9.17) is 30.8 Å². The van der Waals surface area contributed by atoms with Crippen molar-refractivity contribution in [2.75, 3.05) is 27.4 Å². The monoisotopic (exact) mass is 563 g/mol. The van der Waals surface area contributed by atoms with Crippen LogP contribution < -0.4 is 19.5 Å². The summed E-state index contributed by atoms with van der Waals surface area (Å²) < 4.78 is 18.8. The highest BCUT2D eigenvalue weighted by Gasteiger charge is 2.11. The van der Waals surface area contributed by atoms with Crippen molar-refractivity contribution < 1.29 is 19.0 Å². The molecular formula is C32H38ClN3O4. The molecule has 1 amide bonds. The minimum Gasteiger partial charge on any atom is -0.493 e. The highest BCUT2D eigenvalue weighted by atomic mass is 35.5. The number of rotatable bonds is 16. The molecule has 0 aliphatic rings. The fourth-order valence-corrected chi connectivity index (χ4v) is 4.92. The standard InChI is InChI=1S/C32H38ClN3O4/c1-38-29-18-17-24(22-30(29)39-2)23-32(37)34-19-9-3-4-16-31-35-26-13-6-7-14-27(26)36(31)20-10-11-21-40-28-15-8-5-12-25(28)33/h5-8,12-15,17-18,22H,3-4,9-11,16,19-21,23H2,1-2H3,(H,34,37). The van der Waals surface area contributed by atoms with Crippen LogP contribution in [0.2, 0.25) is 5.02 Å². The predicted molar refractivity (Wildman–Crippen MR) is 160 cm³/mol. The molecular weight excluding hydrogens is 526 g/mol. The Bertz CT molecular complexity index is 1390. The topological polar surface area (TPSA) is 74.6 Å². The number of hydrogen-bond donors (Lipinski definition) is 1. The molecule has 0 fully saturated rings. The molecule has 4 rings (SSSR count). The fraction of sp³-hybridized carbons (Fsp3) is 0.375. The third-order valence-electron chi connectivity index (χ3n) is 6.82. The van der Waals surface area contributed by atoms with Gasteiger partial charge in [0.15, 0.2) is 11.5 Å². The summed E-state index contributed by atoms with van der Waals surface area (Å²) in [4.78, 5) is 17.3. The molecule has 0 aliphatic heterocycles. The molecule has 212 valence electrons. The molecule has 40 heavy (non-hydrogen) atoms. The van der Waals surface area contributed by atoms with Crippen molar-refractivity contribution in [3.63, 3.8) is 0 Å². The first-order valence-corrected chi connectivity index (χ1v) is 14.3. The van der Waals surface area contributed by atoms with E-state index in [1.807, 2.05) is 48.5 Å². The van der Waals surface area contributed by atoms with Crippen LogP contribution in [-0.4, -0.2) is 42.8 Å². The highest BCUT2D eigenvalue weighted by molar-refractivity contribution is 6.32. The summed E-state index contributed by atoms with van der Waals surface area (Å²) in [6, 6.07) is 21.4. The molecule has 1 heterocycles. The number of benzene rings is 3. The van der Waals surface area contributed by atoms with Gasteiger partial charge in [-0.3, -0.25) is 4.79 Å². The van der Waals surface area contributed by atoms with Gasteiger partial charge in [-0.1, -0.05) is 48.4 Å². The van der Waals surface area contributed by atoms with Crippen molar-refractivity contribution >= 4 is 28.5 Å². The minimum atomic E-state index is 0.00697. The number of fused-ring (bicyclic) bond motifs is 1. The predicted octanol–water partition coefficient (Wildman–Crippen LogP) is 6.64. The molecule has 1 N–H and O–H groups in total. The molecule has 4 aromatic rings. The van der Waals surface area contributed by atoms with Gasteiger partial charge in [0.1, 0.15) is 11.6 Å². The number of hydrogen-bond acceptors (Lipinski definition) is 5. The lowest BCUT2D eigenvalue weighted by Crippen LogP contribution is -2.26. The van der Waals surface area contributed by atoms with Crippen LogP contribution in [-0.2, 0) is 24.2 Å². The van der Waals surface area contributed by atoms with Gasteiger partial charge in [-0.15, -0.1) is 0 Å². The average Bonchev–Trinajstić information content (AvgIpc) is 3.32. The molecule has 0 bridgehead atoms. The average molecular weight is 564 g/mol. The second-order valence-electron chi connectivity index (χ2n) is 9.68. The van der Waals surface area contributed by atoms with Gasteiger partial charge in [0, 0.05) is 19.5 Å². The Balaban J connectivity index is 1.19. The van der Waals surface area contributed by atoms with Crippen LogP contribution in [0.25, 0.3) is 11.0 Å². The van der Waals surface area contributed by atoms with Crippen LogP contribution in [0.3, 0.4) is 0 Å². The third-order valence-corrected chi connectivity index (χ3v) is 7.13. The van der Waals surface area contributed by atoms with Crippen molar-refractivity contribution in [1.29, 1.82) is 0 Å². The number of para-hydroxylation sites is 3. The maximum absolute atomic E-state index is 12.4. The Hall–Kier alpha value is -3.71. The van der Waals surface area contributed by atoms with Gasteiger partial charge >= 0.3 is 0 Å². The summed E-state index contributed by atoms with van der Waals surface area (Å²) in [5, 5.41) is 3.67. The quantitative estimate of drug-likeness (QED) is 0.155. The van der Waals surface area contributed by atoms with E-state index in [2.05, 4.69) is 28.1 Å². The lowest BCUT2D eigenvalue weighted by Gasteiger charge is -2.11. The maximum atomic E-state index is 12.4. The van der Waals surface area contributed by atoms with E-state index in [9.17, 15) is 4.79 Å². The van der Waals surface area contributed by atoms with Crippen molar-refractivity contribution in [3.8, 4) is 17.2 Å². The summed E-state index contributed by atoms with van der Waals surface area (Å²) in [5.74, 6) is 3.14. The van der Waals surface area contributed by atoms with E-state index >= 15 is 0 Å². The molecule has 0 aliphatic carbocycles. The largest absolute Gasteiger partial charge is 0.493 e. The van der Waals surface area contributed by atoms with Crippen molar-refractivity contribution in [1.82, 2.24) is 14.9 Å². The van der Waals surface area contributed by atoms with Crippen molar-refractivity contribution in [2.45, 2.75) is 51.5 Å². The number of imidazole rings is 1. The molecule has 0 unspecified atom stereocenters. The molecule has 0 saturated heterocycles. The number of unbranched alkanes of at least 4 members (excludes halogenated alkanes) is 3. The third kappa shape index (κ3) is 8.15. The Morgan fingerprint density at radius 3 is 2.50 bits per heavy atom. The number of carbonyl (C=O) groups excluding carboxylic acids is 1. The normalized spacial score (nSPS) is 11.0. The lowest BCUT2D eigenvalue weighted by molar-refractivity contribution is -0.120.